The molecule has 2 rings (SSSR count). The lowest BCUT2D eigenvalue weighted by Gasteiger charge is -2.33. The first-order chi connectivity index (χ1) is 9.05. The Kier molecular flexibility index (Phi) is 4.52. The number of nitrogens with zero attached hydrogens (tertiary/aromatic N) is 2. The van der Waals surface area contributed by atoms with E-state index in [1.165, 1.54) is 0 Å². The molecule has 0 amide bonds. The highest BCUT2D eigenvalue weighted by molar-refractivity contribution is 4.97. The average Bonchev–Trinajstić information content (AvgIpc) is 2.83. The van der Waals surface area contributed by atoms with Crippen LogP contribution in [0.5, 0.6) is 0 Å². The van der Waals surface area contributed by atoms with Gasteiger partial charge in [-0.15, -0.1) is 0 Å². The molecule has 1 heterocycles. The van der Waals surface area contributed by atoms with E-state index >= 15 is 0 Å². The summed E-state index contributed by atoms with van der Waals surface area (Å²) in [6.45, 7) is 2.91. The van der Waals surface area contributed by atoms with Crippen LogP contribution in [0.2, 0.25) is 0 Å². The summed E-state index contributed by atoms with van der Waals surface area (Å²) in [5, 5.41) is 0. The Bertz CT molecular complexity index is 395. The van der Waals surface area contributed by atoms with Gasteiger partial charge in [0.05, 0.1) is 0 Å². The number of hydrogen-bond donors (Lipinski definition) is 2. The molecule has 1 fully saturated rings. The zero-order valence-electron chi connectivity index (χ0n) is 11.3. The fourth-order valence-electron chi connectivity index (χ4n) is 2.84. The van der Waals surface area contributed by atoms with Crippen molar-refractivity contribution in [3.8, 4) is 0 Å². The third kappa shape index (κ3) is 3.51. The van der Waals surface area contributed by atoms with Crippen molar-refractivity contribution in [3.05, 3.63) is 18.2 Å². The number of nitrogens with two attached hydrogens (primary N) is 1. The fourth-order valence-corrected chi connectivity index (χ4v) is 2.84. The van der Waals surface area contributed by atoms with Crippen LogP contribution >= 0.6 is 0 Å². The first kappa shape index (κ1) is 14.4. The molecule has 1 aliphatic rings. The first-order valence-electron chi connectivity index (χ1n) is 6.89. The van der Waals surface area contributed by atoms with Gasteiger partial charge in [0.25, 0.3) is 0 Å². The van der Waals surface area contributed by atoms with Gasteiger partial charge in [-0.1, -0.05) is 0 Å². The SMILES string of the molecule is CCn1ccnc1CC(NN)C1CCC(F)(F)CC1. The second-order valence-corrected chi connectivity index (χ2v) is 5.30. The Morgan fingerprint density at radius 3 is 2.79 bits per heavy atom. The van der Waals surface area contributed by atoms with Gasteiger partial charge in [0.2, 0.25) is 5.92 Å². The molecule has 0 saturated heterocycles. The molecule has 0 aliphatic heterocycles. The molecule has 4 nitrogen and oxygen atoms in total. The largest absolute Gasteiger partial charge is 0.335 e. The van der Waals surface area contributed by atoms with Crippen LogP contribution < -0.4 is 11.3 Å². The van der Waals surface area contributed by atoms with E-state index < -0.39 is 5.92 Å². The van der Waals surface area contributed by atoms with Gasteiger partial charge in [-0.25, -0.2) is 13.8 Å². The molecule has 1 atom stereocenters. The van der Waals surface area contributed by atoms with Gasteiger partial charge in [-0.2, -0.15) is 0 Å². The summed E-state index contributed by atoms with van der Waals surface area (Å²) in [5.74, 6) is 4.28. The minimum Gasteiger partial charge on any atom is -0.335 e. The van der Waals surface area contributed by atoms with E-state index in [9.17, 15) is 8.78 Å². The van der Waals surface area contributed by atoms with Crippen LogP contribution in [0.3, 0.4) is 0 Å². The molecule has 1 aromatic rings. The molecule has 3 N–H and O–H groups in total. The molecule has 1 saturated carbocycles. The van der Waals surface area contributed by atoms with Crippen molar-refractivity contribution in [2.75, 3.05) is 0 Å². The normalized spacial score (nSPS) is 21.5. The van der Waals surface area contributed by atoms with Crippen LogP contribution in [0.15, 0.2) is 12.4 Å². The molecular formula is C13H22F2N4. The van der Waals surface area contributed by atoms with Gasteiger partial charge in [0, 0.05) is 44.2 Å². The summed E-state index contributed by atoms with van der Waals surface area (Å²) in [4.78, 5) is 4.32. The molecule has 0 spiro atoms. The van der Waals surface area contributed by atoms with Crippen molar-refractivity contribution in [1.82, 2.24) is 15.0 Å². The van der Waals surface area contributed by atoms with Crippen molar-refractivity contribution in [3.63, 3.8) is 0 Å². The Hall–Kier alpha value is -1.01. The maximum atomic E-state index is 13.2. The Labute approximate surface area is 112 Å². The van der Waals surface area contributed by atoms with Gasteiger partial charge >= 0.3 is 0 Å². The predicted molar refractivity (Wildman–Crippen MR) is 69.6 cm³/mol. The molecule has 1 unspecified atom stereocenters. The van der Waals surface area contributed by atoms with Crippen LogP contribution in [0.25, 0.3) is 0 Å². The van der Waals surface area contributed by atoms with Crippen LogP contribution in [-0.4, -0.2) is 21.5 Å². The van der Waals surface area contributed by atoms with Gasteiger partial charge < -0.3 is 4.57 Å². The second-order valence-electron chi connectivity index (χ2n) is 5.30. The van der Waals surface area contributed by atoms with Crippen LogP contribution in [0.4, 0.5) is 8.78 Å². The van der Waals surface area contributed by atoms with Crippen LogP contribution in [0.1, 0.15) is 38.4 Å². The lowest BCUT2D eigenvalue weighted by Crippen LogP contribution is -2.45. The van der Waals surface area contributed by atoms with E-state index in [0.717, 1.165) is 12.4 Å². The van der Waals surface area contributed by atoms with Crippen molar-refractivity contribution >= 4 is 0 Å². The molecule has 1 aliphatic carbocycles. The standard InChI is InChI=1S/C13H22F2N4/c1-2-19-8-7-17-12(19)9-11(18-16)10-3-5-13(14,15)6-4-10/h7-8,10-11,18H,2-6,9,16H2,1H3. The number of hydrogen-bond acceptors (Lipinski definition) is 3. The third-order valence-electron chi connectivity index (χ3n) is 4.09. The first-order valence-corrected chi connectivity index (χ1v) is 6.89. The summed E-state index contributed by atoms with van der Waals surface area (Å²) >= 11 is 0. The number of aryl methyl sites for hydroxylation is 1. The zero-order valence-corrected chi connectivity index (χ0v) is 11.3. The molecule has 0 bridgehead atoms. The maximum absolute atomic E-state index is 13.2. The minimum atomic E-state index is -2.49. The number of hydrazine groups is 1. The Morgan fingerprint density at radius 1 is 1.53 bits per heavy atom. The van der Waals surface area contributed by atoms with E-state index in [2.05, 4.69) is 21.9 Å². The molecule has 1 aromatic heterocycles. The maximum Gasteiger partial charge on any atom is 0.248 e. The van der Waals surface area contributed by atoms with Crippen LogP contribution in [-0.2, 0) is 13.0 Å². The molecule has 108 valence electrons. The summed E-state index contributed by atoms with van der Waals surface area (Å²) < 4.78 is 28.4. The second kappa shape index (κ2) is 5.96. The summed E-state index contributed by atoms with van der Waals surface area (Å²) in [7, 11) is 0. The number of imidazole rings is 1. The fraction of sp³-hybridized carbons (Fsp3) is 0.769. The number of halogens is 2. The Balaban J connectivity index is 1.97. The molecule has 0 radical (unpaired) electrons. The smallest absolute Gasteiger partial charge is 0.248 e. The quantitative estimate of drug-likeness (QED) is 0.637. The lowest BCUT2D eigenvalue weighted by molar-refractivity contribution is -0.0496. The Morgan fingerprint density at radius 2 is 2.21 bits per heavy atom. The van der Waals surface area contributed by atoms with E-state index in [0.29, 0.717) is 19.3 Å². The number of rotatable bonds is 5. The van der Waals surface area contributed by atoms with E-state index in [4.69, 9.17) is 5.84 Å². The van der Waals surface area contributed by atoms with E-state index in [1.54, 1.807) is 6.20 Å². The number of aromatic nitrogens is 2. The van der Waals surface area contributed by atoms with Crippen LogP contribution in [0, 0.1) is 5.92 Å². The number of alkyl halides is 2. The monoisotopic (exact) mass is 272 g/mol. The van der Waals surface area contributed by atoms with E-state index in [-0.39, 0.29) is 24.8 Å². The summed E-state index contributed by atoms with van der Waals surface area (Å²) in [5.41, 5.74) is 2.79. The van der Waals surface area contributed by atoms with Gasteiger partial charge in [-0.3, -0.25) is 11.3 Å². The van der Waals surface area contributed by atoms with Gasteiger partial charge in [0.15, 0.2) is 0 Å². The van der Waals surface area contributed by atoms with Crippen molar-refractivity contribution in [2.24, 2.45) is 11.8 Å². The van der Waals surface area contributed by atoms with Crippen molar-refractivity contribution < 1.29 is 8.78 Å². The van der Waals surface area contributed by atoms with E-state index in [1.807, 2.05) is 6.20 Å². The third-order valence-corrected chi connectivity index (χ3v) is 4.09. The summed E-state index contributed by atoms with van der Waals surface area (Å²) in [6, 6.07) is 0.0174. The highest BCUT2D eigenvalue weighted by atomic mass is 19.3. The average molecular weight is 272 g/mol. The van der Waals surface area contributed by atoms with Gasteiger partial charge in [0.1, 0.15) is 5.82 Å². The molecular weight excluding hydrogens is 250 g/mol. The molecule has 6 heteroatoms. The zero-order chi connectivity index (χ0) is 13.9. The van der Waals surface area contributed by atoms with Crippen molar-refractivity contribution in [1.29, 1.82) is 0 Å². The minimum absolute atomic E-state index is 0.0174. The van der Waals surface area contributed by atoms with Gasteiger partial charge in [-0.05, 0) is 25.7 Å². The molecule has 0 aromatic carbocycles. The molecule has 19 heavy (non-hydrogen) atoms. The highest BCUT2D eigenvalue weighted by Crippen LogP contribution is 2.37. The number of nitrogens with one attached hydrogen (secondary N) is 1. The topological polar surface area (TPSA) is 55.9 Å². The van der Waals surface area contributed by atoms with Crippen molar-refractivity contribution in [2.45, 2.75) is 57.5 Å². The highest BCUT2D eigenvalue weighted by Gasteiger charge is 2.37. The summed E-state index contributed by atoms with van der Waals surface area (Å²) in [6.07, 6.45) is 5.37. The lowest BCUT2D eigenvalue weighted by atomic mass is 9.81. The predicted octanol–water partition coefficient (Wildman–Crippen LogP) is 2.10.